The minimum absolute atomic E-state index is 0.411. The zero-order chi connectivity index (χ0) is 12.8. The van der Waals surface area contributed by atoms with Crippen molar-refractivity contribution >= 4 is 5.82 Å². The largest absolute Gasteiger partial charge is 0.377 e. The summed E-state index contributed by atoms with van der Waals surface area (Å²) in [6.07, 6.45) is 5.98. The fraction of sp³-hybridized carbons (Fsp3) is 0.643. The molecule has 1 aliphatic rings. The summed E-state index contributed by atoms with van der Waals surface area (Å²) in [6.45, 7) is 2.88. The number of aromatic nitrogens is 1. The van der Waals surface area contributed by atoms with Crippen molar-refractivity contribution in [2.24, 2.45) is 0 Å². The highest BCUT2D eigenvalue weighted by Crippen LogP contribution is 2.15. The Kier molecular flexibility index (Phi) is 4.96. The first kappa shape index (κ1) is 13.3. The van der Waals surface area contributed by atoms with Crippen LogP contribution in [0.4, 0.5) is 5.82 Å². The van der Waals surface area contributed by atoms with E-state index in [1.807, 2.05) is 13.2 Å². The molecule has 4 nitrogen and oxygen atoms in total. The summed E-state index contributed by atoms with van der Waals surface area (Å²) in [5.41, 5.74) is 1.28. The Labute approximate surface area is 109 Å². The Balaban J connectivity index is 1.83. The predicted octanol–water partition coefficient (Wildman–Crippen LogP) is 2.12. The van der Waals surface area contributed by atoms with Gasteiger partial charge < -0.3 is 10.1 Å². The van der Waals surface area contributed by atoms with Gasteiger partial charge in [0, 0.05) is 32.9 Å². The second-order valence-corrected chi connectivity index (χ2v) is 4.98. The number of pyridine rings is 1. The van der Waals surface area contributed by atoms with Crippen molar-refractivity contribution < 1.29 is 4.74 Å². The van der Waals surface area contributed by atoms with E-state index in [0.29, 0.717) is 6.10 Å². The first-order valence-electron chi connectivity index (χ1n) is 6.71. The van der Waals surface area contributed by atoms with Crippen molar-refractivity contribution in [3.05, 3.63) is 23.9 Å². The smallest absolute Gasteiger partial charge is 0.125 e. The lowest BCUT2D eigenvalue weighted by Gasteiger charge is -2.27. The van der Waals surface area contributed by atoms with Gasteiger partial charge in [0.05, 0.1) is 6.10 Å². The first-order valence-corrected chi connectivity index (χ1v) is 6.71. The van der Waals surface area contributed by atoms with Crippen molar-refractivity contribution in [2.45, 2.75) is 31.9 Å². The highest BCUT2D eigenvalue weighted by Gasteiger charge is 2.15. The van der Waals surface area contributed by atoms with Crippen LogP contribution in [0.2, 0.25) is 0 Å². The maximum atomic E-state index is 5.76. The molecule has 0 aliphatic carbocycles. The maximum Gasteiger partial charge on any atom is 0.125 e. The van der Waals surface area contributed by atoms with Gasteiger partial charge in [-0.15, -0.1) is 0 Å². The lowest BCUT2D eigenvalue weighted by Crippen LogP contribution is -2.33. The van der Waals surface area contributed by atoms with Gasteiger partial charge in [-0.3, -0.25) is 4.90 Å². The molecule has 1 saturated heterocycles. The normalized spacial score (nSPS) is 20.1. The fourth-order valence-corrected chi connectivity index (χ4v) is 2.38. The fourth-order valence-electron chi connectivity index (χ4n) is 2.38. The molecule has 18 heavy (non-hydrogen) atoms. The quantitative estimate of drug-likeness (QED) is 0.867. The van der Waals surface area contributed by atoms with Gasteiger partial charge in [-0.25, -0.2) is 4.98 Å². The number of nitrogens with one attached hydrogen (secondary N) is 1. The molecular weight excluding hydrogens is 226 g/mol. The molecule has 2 heterocycles. The topological polar surface area (TPSA) is 37.4 Å². The third-order valence-electron chi connectivity index (χ3n) is 3.32. The molecule has 1 aliphatic heterocycles. The summed E-state index contributed by atoms with van der Waals surface area (Å²) in [6, 6.07) is 4.16. The number of rotatable bonds is 5. The van der Waals surface area contributed by atoms with Crippen molar-refractivity contribution in [3.8, 4) is 0 Å². The van der Waals surface area contributed by atoms with Crippen LogP contribution in [0.5, 0.6) is 0 Å². The Morgan fingerprint density at radius 2 is 2.39 bits per heavy atom. The van der Waals surface area contributed by atoms with Gasteiger partial charge in [0.1, 0.15) is 5.82 Å². The van der Waals surface area contributed by atoms with Crippen LogP contribution in [0.3, 0.4) is 0 Å². The molecule has 2 rings (SSSR count). The minimum atomic E-state index is 0.411. The summed E-state index contributed by atoms with van der Waals surface area (Å²) >= 11 is 0. The van der Waals surface area contributed by atoms with E-state index in [2.05, 4.69) is 34.4 Å². The zero-order valence-corrected chi connectivity index (χ0v) is 11.4. The van der Waals surface area contributed by atoms with E-state index in [-0.39, 0.29) is 0 Å². The van der Waals surface area contributed by atoms with Crippen LogP contribution >= 0.6 is 0 Å². The van der Waals surface area contributed by atoms with Crippen LogP contribution in [0.25, 0.3) is 0 Å². The minimum Gasteiger partial charge on any atom is -0.377 e. The number of hydrogen-bond donors (Lipinski definition) is 1. The summed E-state index contributed by atoms with van der Waals surface area (Å²) in [7, 11) is 4.04. The van der Waals surface area contributed by atoms with Gasteiger partial charge >= 0.3 is 0 Å². The Morgan fingerprint density at radius 3 is 3.11 bits per heavy atom. The average molecular weight is 249 g/mol. The number of ether oxygens (including phenoxy) is 1. The monoisotopic (exact) mass is 249 g/mol. The maximum absolute atomic E-state index is 5.76. The lowest BCUT2D eigenvalue weighted by atomic mass is 10.1. The molecule has 100 valence electrons. The van der Waals surface area contributed by atoms with E-state index in [9.17, 15) is 0 Å². The van der Waals surface area contributed by atoms with Gasteiger partial charge in [-0.05, 0) is 44.0 Å². The van der Waals surface area contributed by atoms with Crippen LogP contribution in [0.15, 0.2) is 18.3 Å². The Bertz CT molecular complexity index is 364. The van der Waals surface area contributed by atoms with Crippen LogP contribution in [0, 0.1) is 0 Å². The SMILES string of the molecule is CNc1cc(CN(C)CC2CCCCO2)ccn1. The molecule has 1 unspecified atom stereocenters. The molecule has 1 fully saturated rings. The van der Waals surface area contributed by atoms with Gasteiger partial charge in [0.15, 0.2) is 0 Å². The zero-order valence-electron chi connectivity index (χ0n) is 11.4. The second kappa shape index (κ2) is 6.71. The van der Waals surface area contributed by atoms with Crippen LogP contribution in [0.1, 0.15) is 24.8 Å². The molecule has 0 radical (unpaired) electrons. The van der Waals surface area contributed by atoms with E-state index < -0.39 is 0 Å². The molecule has 1 atom stereocenters. The molecule has 1 N–H and O–H groups in total. The van der Waals surface area contributed by atoms with Gasteiger partial charge in [0.2, 0.25) is 0 Å². The van der Waals surface area contributed by atoms with Crippen LogP contribution in [-0.2, 0) is 11.3 Å². The van der Waals surface area contributed by atoms with Crippen molar-refractivity contribution in [1.29, 1.82) is 0 Å². The average Bonchev–Trinajstić information content (AvgIpc) is 2.40. The molecule has 1 aromatic rings. The van der Waals surface area contributed by atoms with Crippen LogP contribution in [-0.4, -0.2) is 43.2 Å². The second-order valence-electron chi connectivity index (χ2n) is 4.98. The number of nitrogens with zero attached hydrogens (tertiary/aromatic N) is 2. The van der Waals surface area contributed by atoms with Gasteiger partial charge in [-0.1, -0.05) is 0 Å². The number of anilines is 1. The summed E-state index contributed by atoms with van der Waals surface area (Å²) in [4.78, 5) is 6.55. The Hall–Kier alpha value is -1.13. The molecule has 0 bridgehead atoms. The van der Waals surface area contributed by atoms with E-state index >= 15 is 0 Å². The van der Waals surface area contributed by atoms with Crippen LogP contribution < -0.4 is 5.32 Å². The highest BCUT2D eigenvalue weighted by molar-refractivity contribution is 5.36. The van der Waals surface area contributed by atoms with Crippen molar-refractivity contribution in [2.75, 3.05) is 32.6 Å². The molecular formula is C14H23N3O. The van der Waals surface area contributed by atoms with Gasteiger partial charge in [-0.2, -0.15) is 0 Å². The van der Waals surface area contributed by atoms with E-state index in [1.165, 1.54) is 24.8 Å². The van der Waals surface area contributed by atoms with E-state index in [0.717, 1.165) is 25.5 Å². The highest BCUT2D eigenvalue weighted by atomic mass is 16.5. The molecule has 0 spiro atoms. The standard InChI is InChI=1S/C14H23N3O/c1-15-14-9-12(6-7-16-14)10-17(2)11-13-5-3-4-8-18-13/h6-7,9,13H,3-5,8,10-11H2,1-2H3,(H,15,16). The van der Waals surface area contributed by atoms with Crippen molar-refractivity contribution in [3.63, 3.8) is 0 Å². The lowest BCUT2D eigenvalue weighted by molar-refractivity contribution is -0.00259. The third kappa shape index (κ3) is 3.96. The molecule has 0 amide bonds. The van der Waals surface area contributed by atoms with E-state index in [1.54, 1.807) is 0 Å². The molecule has 1 aromatic heterocycles. The molecule has 4 heteroatoms. The first-order chi connectivity index (χ1) is 8.78. The Morgan fingerprint density at radius 1 is 1.50 bits per heavy atom. The summed E-state index contributed by atoms with van der Waals surface area (Å²) in [5, 5.41) is 3.07. The van der Waals surface area contributed by atoms with Crippen molar-refractivity contribution in [1.82, 2.24) is 9.88 Å². The van der Waals surface area contributed by atoms with Gasteiger partial charge in [0.25, 0.3) is 0 Å². The number of hydrogen-bond acceptors (Lipinski definition) is 4. The predicted molar refractivity (Wildman–Crippen MR) is 73.7 cm³/mol. The third-order valence-corrected chi connectivity index (χ3v) is 3.32. The van der Waals surface area contributed by atoms with E-state index in [4.69, 9.17) is 4.74 Å². The molecule has 0 aromatic carbocycles. The number of likely N-dealkylation sites (N-methyl/N-ethyl adjacent to an activating group) is 1. The summed E-state index contributed by atoms with van der Waals surface area (Å²) < 4.78 is 5.76. The summed E-state index contributed by atoms with van der Waals surface area (Å²) in [5.74, 6) is 0.926. The molecule has 0 saturated carbocycles.